The quantitative estimate of drug-likeness (QED) is 0.721. The maximum atomic E-state index is 12.3. The number of rotatable bonds is 5. The fraction of sp³-hybridized carbons (Fsp3) is 0.500. The molecule has 2 aromatic rings. The van der Waals surface area contributed by atoms with E-state index in [1.165, 1.54) is 0 Å². The first kappa shape index (κ1) is 17.3. The first-order valence-electron chi connectivity index (χ1n) is 8.85. The highest BCUT2D eigenvalue weighted by Crippen LogP contribution is 2.16. The molecule has 134 valence electrons. The highest BCUT2D eigenvalue weighted by molar-refractivity contribution is 5.80. The van der Waals surface area contributed by atoms with Gasteiger partial charge in [-0.05, 0) is 31.4 Å². The van der Waals surface area contributed by atoms with E-state index in [0.29, 0.717) is 19.6 Å². The second-order valence-electron chi connectivity index (χ2n) is 6.44. The molecule has 1 aliphatic rings. The number of carbonyl (C=O) groups is 2. The number of aromatic amines is 1. The molecular weight excluding hydrogens is 318 g/mol. The number of piperidine rings is 1. The fourth-order valence-corrected chi connectivity index (χ4v) is 3.27. The molecule has 0 bridgehead atoms. The molecule has 0 spiro atoms. The number of carbonyl (C=O) groups excluding carboxylic acids is 2. The van der Waals surface area contributed by atoms with Crippen molar-refractivity contribution in [3.63, 3.8) is 0 Å². The zero-order valence-corrected chi connectivity index (χ0v) is 14.5. The molecule has 3 rings (SSSR count). The Kier molecular flexibility index (Phi) is 5.53. The topological polar surface area (TPSA) is 90.1 Å². The van der Waals surface area contributed by atoms with E-state index in [4.69, 9.17) is 0 Å². The van der Waals surface area contributed by atoms with Crippen LogP contribution in [0.1, 0.15) is 25.1 Å². The molecule has 1 aromatic heterocycles. The molecule has 0 aliphatic carbocycles. The van der Waals surface area contributed by atoms with Gasteiger partial charge in [-0.2, -0.15) is 0 Å². The minimum atomic E-state index is -0.0972. The number of para-hydroxylation sites is 2. The predicted octanol–water partition coefficient (Wildman–Crippen LogP) is 1.66. The number of aryl methyl sites for hydroxylation is 1. The number of likely N-dealkylation sites (tertiary alicyclic amines) is 1. The van der Waals surface area contributed by atoms with Crippen LogP contribution in [0.2, 0.25) is 0 Å². The summed E-state index contributed by atoms with van der Waals surface area (Å²) in [5.74, 6) is 0.857. The Balaban J connectivity index is 1.42. The second-order valence-corrected chi connectivity index (χ2v) is 6.44. The number of urea groups is 1. The molecule has 2 heterocycles. The van der Waals surface area contributed by atoms with Crippen molar-refractivity contribution in [1.29, 1.82) is 0 Å². The zero-order valence-electron chi connectivity index (χ0n) is 14.5. The van der Waals surface area contributed by atoms with Gasteiger partial charge in [0.15, 0.2) is 0 Å². The third-order valence-electron chi connectivity index (χ3n) is 4.63. The van der Waals surface area contributed by atoms with E-state index in [2.05, 4.69) is 20.6 Å². The summed E-state index contributed by atoms with van der Waals surface area (Å²) in [5.41, 5.74) is 2.00. The summed E-state index contributed by atoms with van der Waals surface area (Å²) in [4.78, 5) is 33.6. The smallest absolute Gasteiger partial charge is 0.317 e. The highest BCUT2D eigenvalue weighted by atomic mass is 16.2. The number of aromatic nitrogens is 2. The number of hydrogen-bond acceptors (Lipinski definition) is 3. The Labute approximate surface area is 147 Å². The van der Waals surface area contributed by atoms with Crippen LogP contribution in [-0.4, -0.2) is 53.5 Å². The number of amides is 3. The molecule has 7 nitrogen and oxygen atoms in total. The van der Waals surface area contributed by atoms with Gasteiger partial charge in [-0.1, -0.05) is 12.1 Å². The minimum absolute atomic E-state index is 0.0161. The van der Waals surface area contributed by atoms with E-state index in [1.54, 1.807) is 11.9 Å². The lowest BCUT2D eigenvalue weighted by atomic mass is 9.97. The monoisotopic (exact) mass is 343 g/mol. The Hall–Kier alpha value is -2.57. The molecule has 0 radical (unpaired) electrons. The van der Waals surface area contributed by atoms with Crippen molar-refractivity contribution < 1.29 is 9.59 Å². The van der Waals surface area contributed by atoms with Gasteiger partial charge in [0.1, 0.15) is 5.82 Å². The fourth-order valence-electron chi connectivity index (χ4n) is 3.27. The van der Waals surface area contributed by atoms with Gasteiger partial charge in [0.05, 0.1) is 17.0 Å². The van der Waals surface area contributed by atoms with Crippen LogP contribution in [0.15, 0.2) is 24.3 Å². The van der Waals surface area contributed by atoms with E-state index in [-0.39, 0.29) is 17.9 Å². The van der Waals surface area contributed by atoms with Crippen LogP contribution < -0.4 is 10.6 Å². The van der Waals surface area contributed by atoms with Crippen molar-refractivity contribution in [3.05, 3.63) is 30.1 Å². The number of nitrogens with one attached hydrogen (secondary N) is 3. The van der Waals surface area contributed by atoms with Gasteiger partial charge < -0.3 is 20.5 Å². The maximum absolute atomic E-state index is 12.3. The number of hydrogen-bond donors (Lipinski definition) is 3. The second kappa shape index (κ2) is 8.00. The third kappa shape index (κ3) is 4.29. The average Bonchev–Trinajstić information content (AvgIpc) is 3.07. The van der Waals surface area contributed by atoms with Crippen LogP contribution in [0.25, 0.3) is 11.0 Å². The first-order valence-corrected chi connectivity index (χ1v) is 8.85. The molecule has 0 saturated carbocycles. The molecule has 1 aliphatic heterocycles. The Bertz CT molecular complexity index is 709. The standard InChI is InChI=1S/C18H25N5O2/c1-19-17(24)13-6-5-11-23(12-13)18(25)20-10-4-9-16-21-14-7-2-3-8-15(14)22-16/h2-3,7-8,13H,4-6,9-12H2,1H3,(H,19,24)(H,20,25)(H,21,22). The molecule has 1 unspecified atom stereocenters. The first-order chi connectivity index (χ1) is 12.2. The summed E-state index contributed by atoms with van der Waals surface area (Å²) >= 11 is 0. The van der Waals surface area contributed by atoms with E-state index < -0.39 is 0 Å². The van der Waals surface area contributed by atoms with Crippen LogP contribution in [0.5, 0.6) is 0 Å². The van der Waals surface area contributed by atoms with Gasteiger partial charge in [0.25, 0.3) is 0 Å². The minimum Gasteiger partial charge on any atom is -0.359 e. The lowest BCUT2D eigenvalue weighted by molar-refractivity contribution is -0.125. The summed E-state index contributed by atoms with van der Waals surface area (Å²) in [6.45, 7) is 1.80. The van der Waals surface area contributed by atoms with E-state index in [9.17, 15) is 9.59 Å². The summed E-state index contributed by atoms with van der Waals surface area (Å²) in [7, 11) is 1.64. The van der Waals surface area contributed by atoms with E-state index >= 15 is 0 Å². The maximum Gasteiger partial charge on any atom is 0.317 e. The van der Waals surface area contributed by atoms with Crippen LogP contribution >= 0.6 is 0 Å². The summed E-state index contributed by atoms with van der Waals surface area (Å²) in [6.07, 6.45) is 3.31. The summed E-state index contributed by atoms with van der Waals surface area (Å²) < 4.78 is 0. The van der Waals surface area contributed by atoms with Crippen molar-refractivity contribution in [3.8, 4) is 0 Å². The van der Waals surface area contributed by atoms with E-state index in [1.807, 2.05) is 24.3 Å². The van der Waals surface area contributed by atoms with E-state index in [0.717, 1.165) is 42.5 Å². The molecule has 1 aromatic carbocycles. The highest BCUT2D eigenvalue weighted by Gasteiger charge is 2.27. The van der Waals surface area contributed by atoms with Crippen molar-refractivity contribution in [2.45, 2.75) is 25.7 Å². The molecule has 1 saturated heterocycles. The van der Waals surface area contributed by atoms with Gasteiger partial charge in [0, 0.05) is 33.1 Å². The van der Waals surface area contributed by atoms with Gasteiger partial charge in [-0.3, -0.25) is 4.79 Å². The summed E-state index contributed by atoms with van der Waals surface area (Å²) in [5, 5.41) is 5.62. The molecule has 3 N–H and O–H groups in total. The number of fused-ring (bicyclic) bond motifs is 1. The number of benzene rings is 1. The van der Waals surface area contributed by atoms with Gasteiger partial charge in [-0.15, -0.1) is 0 Å². The molecule has 25 heavy (non-hydrogen) atoms. The SMILES string of the molecule is CNC(=O)C1CCCN(C(=O)NCCCc2nc3ccccc3[nH]2)C1. The van der Waals surface area contributed by atoms with Crippen molar-refractivity contribution in [1.82, 2.24) is 25.5 Å². The van der Waals surface area contributed by atoms with Crippen molar-refractivity contribution >= 4 is 23.0 Å². The Morgan fingerprint density at radius 3 is 3.00 bits per heavy atom. The third-order valence-corrected chi connectivity index (χ3v) is 4.63. The predicted molar refractivity (Wildman–Crippen MR) is 96.2 cm³/mol. The van der Waals surface area contributed by atoms with Crippen LogP contribution in [0.3, 0.4) is 0 Å². The van der Waals surface area contributed by atoms with Gasteiger partial charge in [-0.25, -0.2) is 9.78 Å². The number of imidazole rings is 1. The van der Waals surface area contributed by atoms with Crippen LogP contribution in [0.4, 0.5) is 4.79 Å². The lowest BCUT2D eigenvalue weighted by Gasteiger charge is -2.31. The normalized spacial score (nSPS) is 17.5. The Morgan fingerprint density at radius 2 is 2.20 bits per heavy atom. The van der Waals surface area contributed by atoms with Crippen LogP contribution in [0, 0.1) is 5.92 Å². The number of H-pyrrole nitrogens is 1. The van der Waals surface area contributed by atoms with Crippen molar-refractivity contribution in [2.75, 3.05) is 26.7 Å². The van der Waals surface area contributed by atoms with Gasteiger partial charge in [0.2, 0.25) is 5.91 Å². The largest absolute Gasteiger partial charge is 0.359 e. The molecule has 3 amide bonds. The van der Waals surface area contributed by atoms with Crippen molar-refractivity contribution in [2.24, 2.45) is 5.92 Å². The molecular formula is C18H25N5O2. The molecule has 1 fully saturated rings. The zero-order chi connectivity index (χ0) is 17.6. The van der Waals surface area contributed by atoms with Gasteiger partial charge >= 0.3 is 6.03 Å². The number of nitrogens with zero attached hydrogens (tertiary/aromatic N) is 2. The molecule has 1 atom stereocenters. The lowest BCUT2D eigenvalue weighted by Crippen LogP contribution is -2.48. The average molecular weight is 343 g/mol. The van der Waals surface area contributed by atoms with Crippen LogP contribution in [-0.2, 0) is 11.2 Å². The summed E-state index contributed by atoms with van der Waals surface area (Å²) in [6, 6.07) is 7.86. The Morgan fingerprint density at radius 1 is 1.36 bits per heavy atom. The molecule has 7 heteroatoms.